The lowest BCUT2D eigenvalue weighted by Crippen LogP contribution is -1.88. The van der Waals surface area contributed by atoms with E-state index in [4.69, 9.17) is 0 Å². The van der Waals surface area contributed by atoms with Crippen molar-refractivity contribution in [2.24, 2.45) is 5.92 Å². The molecule has 16 heavy (non-hydrogen) atoms. The number of hydrogen-bond acceptors (Lipinski definition) is 1. The van der Waals surface area contributed by atoms with E-state index in [1.54, 1.807) is 0 Å². The molecule has 0 aliphatic rings. The van der Waals surface area contributed by atoms with Crippen LogP contribution in [0.1, 0.15) is 48.0 Å². The highest BCUT2D eigenvalue weighted by molar-refractivity contribution is 7.99. The van der Waals surface area contributed by atoms with Crippen LogP contribution >= 0.6 is 11.8 Å². The third kappa shape index (κ3) is 11.6. The molecule has 0 atom stereocenters. The highest BCUT2D eigenvalue weighted by atomic mass is 32.2. The third-order valence-corrected chi connectivity index (χ3v) is 2.75. The van der Waals surface area contributed by atoms with Gasteiger partial charge in [-0.05, 0) is 30.2 Å². The molecule has 0 saturated carbocycles. The molecular formula is C15H28S. The zero-order chi connectivity index (χ0) is 12.8. The van der Waals surface area contributed by atoms with Crippen LogP contribution in [0.15, 0.2) is 35.2 Å². The van der Waals surface area contributed by atoms with Crippen molar-refractivity contribution < 1.29 is 0 Å². The fourth-order valence-electron chi connectivity index (χ4n) is 0.929. The summed E-state index contributed by atoms with van der Waals surface area (Å²) in [5, 5.41) is 0. The zero-order valence-electron chi connectivity index (χ0n) is 11.8. The molecule has 1 rings (SSSR count). The first-order valence-corrected chi connectivity index (χ1v) is 7.45. The number of hydrogen-bond donors (Lipinski definition) is 0. The molecule has 1 aromatic rings. The van der Waals surface area contributed by atoms with Crippen LogP contribution in [0.2, 0.25) is 0 Å². The highest BCUT2D eigenvalue weighted by Gasteiger charge is 1.95. The molecule has 0 heterocycles. The van der Waals surface area contributed by atoms with E-state index in [1.807, 2.05) is 39.5 Å². The summed E-state index contributed by atoms with van der Waals surface area (Å²) in [5.41, 5.74) is 0. The normalized spacial score (nSPS) is 8.69. The molecule has 0 bridgehead atoms. The maximum absolute atomic E-state index is 2.27. The van der Waals surface area contributed by atoms with Crippen LogP contribution in [0.3, 0.4) is 0 Å². The van der Waals surface area contributed by atoms with Crippen molar-refractivity contribution in [3.8, 4) is 0 Å². The van der Waals surface area contributed by atoms with Crippen LogP contribution in [-0.2, 0) is 0 Å². The van der Waals surface area contributed by atoms with Gasteiger partial charge in [-0.3, -0.25) is 0 Å². The molecule has 0 fully saturated rings. The summed E-state index contributed by atoms with van der Waals surface area (Å²) in [5.74, 6) is 2.06. The first kappa shape index (κ1) is 17.9. The van der Waals surface area contributed by atoms with Crippen molar-refractivity contribution in [3.05, 3.63) is 30.3 Å². The smallest absolute Gasteiger partial charge is 0.00719 e. The molecule has 0 nitrogen and oxygen atoms in total. The molecule has 0 aliphatic carbocycles. The van der Waals surface area contributed by atoms with Crippen molar-refractivity contribution >= 4 is 11.8 Å². The average Bonchev–Trinajstić information content (AvgIpc) is 2.35. The second-order valence-corrected chi connectivity index (χ2v) is 4.51. The van der Waals surface area contributed by atoms with Crippen LogP contribution in [0.4, 0.5) is 0 Å². The van der Waals surface area contributed by atoms with Gasteiger partial charge < -0.3 is 0 Å². The van der Waals surface area contributed by atoms with Gasteiger partial charge in [-0.25, -0.2) is 0 Å². The Morgan fingerprint density at radius 1 is 0.938 bits per heavy atom. The molecule has 0 amide bonds. The van der Waals surface area contributed by atoms with Crippen molar-refractivity contribution in [3.63, 3.8) is 0 Å². The second kappa shape index (κ2) is 14.6. The molecule has 1 aromatic carbocycles. The average molecular weight is 240 g/mol. The first-order valence-electron chi connectivity index (χ1n) is 6.47. The van der Waals surface area contributed by atoms with E-state index in [0.717, 1.165) is 5.92 Å². The van der Waals surface area contributed by atoms with E-state index in [9.17, 15) is 0 Å². The fourth-order valence-corrected chi connectivity index (χ4v) is 2.10. The van der Waals surface area contributed by atoms with Gasteiger partial charge in [-0.1, -0.05) is 59.7 Å². The van der Waals surface area contributed by atoms with E-state index >= 15 is 0 Å². The van der Waals surface area contributed by atoms with E-state index in [0.29, 0.717) is 0 Å². The molecule has 0 radical (unpaired) electrons. The molecule has 1 heteroatoms. The fraction of sp³-hybridized carbons (Fsp3) is 0.600. The highest BCUT2D eigenvalue weighted by Crippen LogP contribution is 2.19. The summed E-state index contributed by atoms with van der Waals surface area (Å²) in [4.78, 5) is 1.39. The Balaban J connectivity index is 0. The lowest BCUT2D eigenvalue weighted by Gasteiger charge is -2.03. The van der Waals surface area contributed by atoms with E-state index in [1.165, 1.54) is 17.1 Å². The SMILES string of the molecule is CC.CC.CC(C)CCSc1ccccc1. The summed E-state index contributed by atoms with van der Waals surface area (Å²) in [6, 6.07) is 10.6. The Morgan fingerprint density at radius 2 is 1.44 bits per heavy atom. The summed E-state index contributed by atoms with van der Waals surface area (Å²) in [6.45, 7) is 12.5. The van der Waals surface area contributed by atoms with Crippen LogP contribution < -0.4 is 0 Å². The van der Waals surface area contributed by atoms with Crippen LogP contribution in [0.5, 0.6) is 0 Å². The third-order valence-electron chi connectivity index (χ3n) is 1.71. The first-order chi connectivity index (χ1) is 7.79. The molecule has 0 aromatic heterocycles. The molecule has 0 saturated heterocycles. The van der Waals surface area contributed by atoms with Crippen LogP contribution in [0, 0.1) is 5.92 Å². The predicted molar refractivity (Wildman–Crippen MR) is 79.3 cm³/mol. The van der Waals surface area contributed by atoms with Gasteiger partial charge >= 0.3 is 0 Å². The number of thioether (sulfide) groups is 1. The minimum Gasteiger partial charge on any atom is -0.126 e. The Morgan fingerprint density at radius 3 is 1.88 bits per heavy atom. The van der Waals surface area contributed by atoms with Gasteiger partial charge in [0.25, 0.3) is 0 Å². The summed E-state index contributed by atoms with van der Waals surface area (Å²) < 4.78 is 0. The lowest BCUT2D eigenvalue weighted by atomic mass is 10.2. The van der Waals surface area contributed by atoms with Gasteiger partial charge in [0.15, 0.2) is 0 Å². The number of benzene rings is 1. The number of rotatable bonds is 4. The van der Waals surface area contributed by atoms with Crippen molar-refractivity contribution in [2.45, 2.75) is 52.9 Å². The minimum atomic E-state index is 0.821. The Kier molecular flexibility index (Phi) is 16.3. The summed E-state index contributed by atoms with van der Waals surface area (Å²) in [7, 11) is 0. The largest absolute Gasteiger partial charge is 0.126 e. The van der Waals surface area contributed by atoms with E-state index in [2.05, 4.69) is 44.2 Å². The maximum Gasteiger partial charge on any atom is 0.00719 e. The van der Waals surface area contributed by atoms with E-state index < -0.39 is 0 Å². The molecular weight excluding hydrogens is 212 g/mol. The predicted octanol–water partition coefficient (Wildman–Crippen LogP) is 5.88. The lowest BCUT2D eigenvalue weighted by molar-refractivity contribution is 0.632. The Hall–Kier alpha value is -0.430. The molecule has 94 valence electrons. The molecule has 0 aliphatic heterocycles. The molecule has 0 N–H and O–H groups in total. The Labute approximate surface area is 107 Å². The van der Waals surface area contributed by atoms with Gasteiger partial charge in [-0.15, -0.1) is 11.8 Å². The quantitative estimate of drug-likeness (QED) is 0.592. The van der Waals surface area contributed by atoms with Crippen molar-refractivity contribution in [1.82, 2.24) is 0 Å². The van der Waals surface area contributed by atoms with Gasteiger partial charge in [0.1, 0.15) is 0 Å². The van der Waals surface area contributed by atoms with Gasteiger partial charge in [-0.2, -0.15) is 0 Å². The van der Waals surface area contributed by atoms with Gasteiger partial charge in [0, 0.05) is 4.90 Å². The van der Waals surface area contributed by atoms with Crippen LogP contribution in [0.25, 0.3) is 0 Å². The van der Waals surface area contributed by atoms with Crippen molar-refractivity contribution in [2.75, 3.05) is 5.75 Å². The standard InChI is InChI=1S/C11H16S.2C2H6/c1-10(2)8-9-12-11-6-4-3-5-7-11;2*1-2/h3-7,10H,8-9H2,1-2H3;2*1-2H3. The topological polar surface area (TPSA) is 0 Å². The zero-order valence-corrected chi connectivity index (χ0v) is 12.6. The second-order valence-electron chi connectivity index (χ2n) is 3.34. The summed E-state index contributed by atoms with van der Waals surface area (Å²) in [6.07, 6.45) is 1.31. The van der Waals surface area contributed by atoms with Gasteiger partial charge in [0.2, 0.25) is 0 Å². The molecule has 0 unspecified atom stereocenters. The summed E-state index contributed by atoms with van der Waals surface area (Å²) >= 11 is 1.95. The van der Waals surface area contributed by atoms with E-state index in [-0.39, 0.29) is 0 Å². The van der Waals surface area contributed by atoms with Crippen molar-refractivity contribution in [1.29, 1.82) is 0 Å². The van der Waals surface area contributed by atoms with Gasteiger partial charge in [0.05, 0.1) is 0 Å². The molecule has 0 spiro atoms. The Bertz CT molecular complexity index is 204. The monoisotopic (exact) mass is 240 g/mol. The maximum atomic E-state index is 2.27. The minimum absolute atomic E-state index is 0.821. The van der Waals surface area contributed by atoms with Crippen LogP contribution in [-0.4, -0.2) is 5.75 Å².